The van der Waals surface area contributed by atoms with Gasteiger partial charge in [-0.15, -0.1) is 10.2 Å². The Balaban J connectivity index is 1.12. The summed E-state index contributed by atoms with van der Waals surface area (Å²) in [6.45, 7) is 5.50. The lowest BCUT2D eigenvalue weighted by Crippen LogP contribution is -2.56. The standard InChI is InChI=1S/C24H30N8O4/c1-14-7-18(26-27-22(14)32-13-25-28-29-32)20(33)10-31-16-3-4-17(31)9-24(8-16)5-6-30(11-21(24)34)19-12-36-23(35)15(19)2/h7,13,16-17,20,33H,3-6,8-12H2,1-2H3/t16?,17?,20-,24?/m0/s1. The summed E-state index contributed by atoms with van der Waals surface area (Å²) in [5.41, 5.74) is 2.50. The van der Waals surface area contributed by atoms with Crippen LogP contribution in [0.1, 0.15) is 56.4 Å². The van der Waals surface area contributed by atoms with Crippen molar-refractivity contribution in [3.63, 3.8) is 0 Å². The van der Waals surface area contributed by atoms with Crippen LogP contribution >= 0.6 is 0 Å². The van der Waals surface area contributed by atoms with Crippen molar-refractivity contribution < 1.29 is 19.4 Å². The highest BCUT2D eigenvalue weighted by molar-refractivity contribution is 5.92. The Bertz CT molecular complexity index is 1210. The number of aryl methyl sites for hydroxylation is 1. The first-order chi connectivity index (χ1) is 17.3. The van der Waals surface area contributed by atoms with E-state index in [1.165, 1.54) is 11.0 Å². The van der Waals surface area contributed by atoms with E-state index in [4.69, 9.17) is 4.74 Å². The highest BCUT2D eigenvalue weighted by Crippen LogP contribution is 2.50. The van der Waals surface area contributed by atoms with Gasteiger partial charge < -0.3 is 14.7 Å². The molecule has 0 amide bonds. The molecule has 2 bridgehead atoms. The van der Waals surface area contributed by atoms with Crippen LogP contribution < -0.4 is 0 Å². The van der Waals surface area contributed by atoms with Crippen LogP contribution in [0.4, 0.5) is 0 Å². The number of ether oxygens (including phenoxy) is 1. The van der Waals surface area contributed by atoms with Crippen LogP contribution in [0.25, 0.3) is 5.82 Å². The Morgan fingerprint density at radius 1 is 1.19 bits per heavy atom. The van der Waals surface area contributed by atoms with Gasteiger partial charge in [0.2, 0.25) is 0 Å². The van der Waals surface area contributed by atoms with Crippen molar-refractivity contribution in [1.29, 1.82) is 0 Å². The lowest BCUT2D eigenvalue weighted by Gasteiger charge is -2.49. The Morgan fingerprint density at radius 2 is 1.97 bits per heavy atom. The first-order valence-corrected chi connectivity index (χ1v) is 12.5. The highest BCUT2D eigenvalue weighted by atomic mass is 16.5. The second-order valence-electron chi connectivity index (χ2n) is 10.6. The summed E-state index contributed by atoms with van der Waals surface area (Å²) in [5.74, 6) is 0.512. The van der Waals surface area contributed by atoms with Gasteiger partial charge in [-0.1, -0.05) is 0 Å². The van der Waals surface area contributed by atoms with Gasteiger partial charge in [0.1, 0.15) is 19.0 Å². The summed E-state index contributed by atoms with van der Waals surface area (Å²) in [4.78, 5) is 29.7. The van der Waals surface area contributed by atoms with Crippen molar-refractivity contribution in [2.75, 3.05) is 26.2 Å². The molecule has 2 aromatic heterocycles. The summed E-state index contributed by atoms with van der Waals surface area (Å²) in [5, 5.41) is 30.6. The molecular formula is C24H30N8O4. The number of carbonyl (C=O) groups excluding carboxylic acids is 2. The summed E-state index contributed by atoms with van der Waals surface area (Å²) >= 11 is 0. The van der Waals surface area contributed by atoms with Crippen molar-refractivity contribution >= 4 is 11.8 Å². The third kappa shape index (κ3) is 3.79. The Morgan fingerprint density at radius 3 is 2.58 bits per heavy atom. The van der Waals surface area contributed by atoms with Crippen LogP contribution in [0.5, 0.6) is 0 Å². The number of aromatic nitrogens is 6. The minimum atomic E-state index is -0.774. The van der Waals surface area contributed by atoms with Crippen molar-refractivity contribution in [2.24, 2.45) is 5.41 Å². The van der Waals surface area contributed by atoms with Gasteiger partial charge in [-0.25, -0.2) is 4.79 Å². The van der Waals surface area contributed by atoms with Crippen molar-refractivity contribution in [2.45, 2.75) is 64.1 Å². The molecule has 0 saturated carbocycles. The number of piperidine rings is 2. The molecule has 12 nitrogen and oxygen atoms in total. The molecule has 3 fully saturated rings. The van der Waals surface area contributed by atoms with Gasteiger partial charge in [-0.2, -0.15) is 9.78 Å². The predicted molar refractivity (Wildman–Crippen MR) is 124 cm³/mol. The second kappa shape index (κ2) is 8.70. The normalized spacial score (nSPS) is 29.4. The average molecular weight is 495 g/mol. The molecule has 4 aliphatic heterocycles. The minimum Gasteiger partial charge on any atom is -0.456 e. The number of aliphatic hydroxyl groups excluding tert-OH is 1. The topological polar surface area (TPSA) is 139 Å². The maximum absolute atomic E-state index is 13.5. The number of hydrogen-bond acceptors (Lipinski definition) is 11. The summed E-state index contributed by atoms with van der Waals surface area (Å²) in [6, 6.07) is 2.36. The Labute approximate surface area is 208 Å². The number of likely N-dealkylation sites (tertiary alicyclic amines) is 1. The lowest BCUT2D eigenvalue weighted by atomic mass is 9.67. The zero-order chi connectivity index (χ0) is 25.0. The van der Waals surface area contributed by atoms with E-state index in [0.717, 1.165) is 49.9 Å². The maximum atomic E-state index is 13.5. The summed E-state index contributed by atoms with van der Waals surface area (Å²) < 4.78 is 6.60. The number of ketones is 1. The number of aliphatic hydroxyl groups is 1. The quantitative estimate of drug-likeness (QED) is 0.582. The van der Waals surface area contributed by atoms with E-state index in [2.05, 4.69) is 30.6 Å². The molecule has 4 aliphatic rings. The lowest BCUT2D eigenvalue weighted by molar-refractivity contribution is -0.139. The van der Waals surface area contributed by atoms with Crippen molar-refractivity contribution in [1.82, 2.24) is 40.2 Å². The fourth-order valence-electron chi connectivity index (χ4n) is 6.54. The summed E-state index contributed by atoms with van der Waals surface area (Å²) in [6.07, 6.45) is 5.18. The zero-order valence-corrected chi connectivity index (χ0v) is 20.5. The third-order valence-electron chi connectivity index (χ3n) is 8.54. The molecule has 0 aliphatic carbocycles. The smallest absolute Gasteiger partial charge is 0.335 e. The Hall–Kier alpha value is -3.25. The van der Waals surface area contributed by atoms with Gasteiger partial charge in [-0.05, 0) is 68.0 Å². The van der Waals surface area contributed by atoms with Crippen LogP contribution in [0.15, 0.2) is 23.7 Å². The Kier molecular flexibility index (Phi) is 5.60. The van der Waals surface area contributed by atoms with Crippen molar-refractivity contribution in [3.05, 3.63) is 34.9 Å². The molecule has 6 heterocycles. The number of Topliss-reactive ketones (excluding diaryl/α,β-unsaturated/α-hetero) is 1. The van der Waals surface area contributed by atoms with E-state index < -0.39 is 6.10 Å². The van der Waals surface area contributed by atoms with E-state index in [0.29, 0.717) is 30.2 Å². The van der Waals surface area contributed by atoms with E-state index in [9.17, 15) is 14.7 Å². The number of cyclic esters (lactones) is 1. The van der Waals surface area contributed by atoms with Crippen LogP contribution in [0.2, 0.25) is 0 Å². The number of rotatable bonds is 5. The van der Waals surface area contributed by atoms with Gasteiger partial charge in [-0.3, -0.25) is 9.69 Å². The number of nitrogens with zero attached hydrogens (tertiary/aromatic N) is 8. The zero-order valence-electron chi connectivity index (χ0n) is 20.5. The monoisotopic (exact) mass is 494 g/mol. The molecule has 2 unspecified atom stereocenters. The highest BCUT2D eigenvalue weighted by Gasteiger charge is 2.53. The van der Waals surface area contributed by atoms with E-state index in [1.807, 2.05) is 17.9 Å². The molecule has 1 N–H and O–H groups in total. The molecule has 190 valence electrons. The van der Waals surface area contributed by atoms with Gasteiger partial charge in [0.15, 0.2) is 11.6 Å². The molecule has 12 heteroatoms. The first kappa shape index (κ1) is 23.2. The number of carbonyl (C=O) groups is 2. The fraction of sp³-hybridized carbons (Fsp3) is 0.625. The van der Waals surface area contributed by atoms with Crippen LogP contribution in [-0.2, 0) is 14.3 Å². The van der Waals surface area contributed by atoms with Crippen LogP contribution in [0.3, 0.4) is 0 Å². The van der Waals surface area contributed by atoms with Crippen molar-refractivity contribution in [3.8, 4) is 5.82 Å². The van der Waals surface area contributed by atoms with Gasteiger partial charge in [0.05, 0.1) is 23.5 Å². The third-order valence-corrected chi connectivity index (χ3v) is 8.54. The number of esters is 1. The fourth-order valence-corrected chi connectivity index (χ4v) is 6.54. The number of fused-ring (bicyclic) bond motifs is 2. The molecule has 36 heavy (non-hydrogen) atoms. The van der Waals surface area contributed by atoms with Gasteiger partial charge >= 0.3 is 5.97 Å². The minimum absolute atomic E-state index is 0.265. The molecule has 2 aromatic rings. The first-order valence-electron chi connectivity index (χ1n) is 12.5. The largest absolute Gasteiger partial charge is 0.456 e. The summed E-state index contributed by atoms with van der Waals surface area (Å²) in [7, 11) is 0. The van der Waals surface area contributed by atoms with Gasteiger partial charge in [0, 0.05) is 30.6 Å². The molecule has 3 atom stereocenters. The molecule has 0 aromatic carbocycles. The molecule has 6 rings (SSSR count). The molecular weight excluding hydrogens is 464 g/mol. The maximum Gasteiger partial charge on any atom is 0.335 e. The van der Waals surface area contributed by atoms with E-state index in [1.54, 1.807) is 6.92 Å². The molecule has 1 spiro atoms. The van der Waals surface area contributed by atoms with E-state index in [-0.39, 0.29) is 35.9 Å². The van der Waals surface area contributed by atoms with Gasteiger partial charge in [0.25, 0.3) is 0 Å². The van der Waals surface area contributed by atoms with E-state index >= 15 is 0 Å². The number of tetrazole rings is 1. The van der Waals surface area contributed by atoms with Crippen LogP contribution in [-0.4, -0.2) is 95.4 Å². The second-order valence-corrected chi connectivity index (χ2v) is 10.6. The van der Waals surface area contributed by atoms with Crippen LogP contribution in [0, 0.1) is 12.3 Å². The molecule has 0 radical (unpaired) electrons. The SMILES string of the molecule is CC1=C(N2CCC3(CC4CCC(C3)N4C[C@H](O)c3cc(C)c(-n4cnnn4)nn3)C(=O)C2)COC1=O. The predicted octanol–water partition coefficient (Wildman–Crippen LogP) is 0.513. The molecule has 3 saturated heterocycles. The average Bonchev–Trinajstić information content (AvgIpc) is 3.56. The number of hydrogen-bond donors (Lipinski definition) is 1.